The highest BCUT2D eigenvalue weighted by atomic mass is 16.6. The molecule has 0 aromatic heterocycles. The lowest BCUT2D eigenvalue weighted by Gasteiger charge is -2.20. The quantitative estimate of drug-likeness (QED) is 0.664. The van der Waals surface area contributed by atoms with E-state index in [1.54, 1.807) is 12.1 Å². The van der Waals surface area contributed by atoms with Gasteiger partial charge in [-0.15, -0.1) is 0 Å². The summed E-state index contributed by atoms with van der Waals surface area (Å²) in [5.74, 6) is 1.58. The highest BCUT2D eigenvalue weighted by Crippen LogP contribution is 2.40. The van der Waals surface area contributed by atoms with Gasteiger partial charge in [0.15, 0.2) is 0 Å². The van der Waals surface area contributed by atoms with Crippen molar-refractivity contribution in [3.05, 3.63) is 28.3 Å². The fourth-order valence-corrected chi connectivity index (χ4v) is 3.70. The summed E-state index contributed by atoms with van der Waals surface area (Å²) < 4.78 is 0. The topological polar surface area (TPSA) is 58.4 Å². The number of fused-ring (bicyclic) bond motifs is 1. The van der Waals surface area contributed by atoms with Gasteiger partial charge < -0.3 is 10.2 Å². The molecule has 5 nitrogen and oxygen atoms in total. The summed E-state index contributed by atoms with van der Waals surface area (Å²) in [6, 6.07) is 5.41. The zero-order valence-corrected chi connectivity index (χ0v) is 12.5. The molecule has 1 saturated carbocycles. The Labute approximate surface area is 125 Å². The van der Waals surface area contributed by atoms with E-state index in [9.17, 15) is 10.1 Å². The minimum absolute atomic E-state index is 0.183. The number of nitrogens with one attached hydrogen (secondary N) is 1. The molecule has 1 N–H and O–H groups in total. The van der Waals surface area contributed by atoms with Crippen molar-refractivity contribution >= 4 is 17.1 Å². The fraction of sp³-hybridized carbons (Fsp3) is 0.625. The van der Waals surface area contributed by atoms with E-state index in [1.165, 1.54) is 19.3 Å². The van der Waals surface area contributed by atoms with Gasteiger partial charge in [-0.05, 0) is 37.2 Å². The summed E-state index contributed by atoms with van der Waals surface area (Å²) in [4.78, 5) is 13.2. The Morgan fingerprint density at radius 1 is 1.29 bits per heavy atom. The third-order valence-electron chi connectivity index (χ3n) is 4.78. The average Bonchev–Trinajstić information content (AvgIpc) is 3.05. The second-order valence-electron chi connectivity index (χ2n) is 6.28. The maximum absolute atomic E-state index is 11.1. The summed E-state index contributed by atoms with van der Waals surface area (Å²) in [5, 5.41) is 14.4. The molecule has 2 atom stereocenters. The number of hydrogen-bond donors (Lipinski definition) is 1. The molecule has 2 aliphatic rings. The minimum atomic E-state index is -0.294. The smallest absolute Gasteiger partial charge is 0.273 e. The van der Waals surface area contributed by atoms with E-state index in [2.05, 4.69) is 23.2 Å². The van der Waals surface area contributed by atoms with Crippen molar-refractivity contribution in [2.75, 3.05) is 29.9 Å². The first kappa shape index (κ1) is 14.2. The molecule has 5 heteroatoms. The van der Waals surface area contributed by atoms with Gasteiger partial charge in [0, 0.05) is 43.1 Å². The Morgan fingerprint density at radius 2 is 2.00 bits per heavy atom. The maximum Gasteiger partial charge on any atom is 0.273 e. The molecule has 1 heterocycles. The first-order chi connectivity index (χ1) is 10.2. The zero-order valence-electron chi connectivity index (χ0n) is 12.5. The maximum atomic E-state index is 11.1. The molecule has 1 aliphatic heterocycles. The van der Waals surface area contributed by atoms with E-state index in [4.69, 9.17) is 0 Å². The van der Waals surface area contributed by atoms with E-state index >= 15 is 0 Å². The molecular formula is C16H23N3O2. The van der Waals surface area contributed by atoms with Crippen LogP contribution in [0.2, 0.25) is 0 Å². The van der Waals surface area contributed by atoms with Crippen molar-refractivity contribution in [1.29, 1.82) is 0 Å². The van der Waals surface area contributed by atoms with Gasteiger partial charge in [0.2, 0.25) is 0 Å². The molecule has 2 fully saturated rings. The van der Waals surface area contributed by atoms with E-state index in [1.807, 2.05) is 0 Å². The van der Waals surface area contributed by atoms with Crippen LogP contribution in [-0.2, 0) is 0 Å². The van der Waals surface area contributed by atoms with Crippen molar-refractivity contribution in [1.82, 2.24) is 0 Å². The Morgan fingerprint density at radius 3 is 2.62 bits per heavy atom. The van der Waals surface area contributed by atoms with E-state index in [-0.39, 0.29) is 10.6 Å². The van der Waals surface area contributed by atoms with Crippen LogP contribution >= 0.6 is 0 Å². The number of nitro benzene ring substituents is 1. The molecule has 0 spiro atoms. The van der Waals surface area contributed by atoms with Crippen molar-refractivity contribution in [2.24, 2.45) is 11.8 Å². The number of anilines is 2. The Bertz CT molecular complexity index is 520. The third-order valence-corrected chi connectivity index (χ3v) is 4.78. The predicted molar refractivity (Wildman–Crippen MR) is 84.9 cm³/mol. The van der Waals surface area contributed by atoms with Crippen molar-refractivity contribution < 1.29 is 4.92 Å². The van der Waals surface area contributed by atoms with Crippen molar-refractivity contribution in [3.63, 3.8) is 0 Å². The lowest BCUT2D eigenvalue weighted by molar-refractivity contribution is -0.384. The molecule has 1 aliphatic carbocycles. The van der Waals surface area contributed by atoms with Gasteiger partial charge in [0.1, 0.15) is 0 Å². The van der Waals surface area contributed by atoms with Crippen LogP contribution < -0.4 is 10.2 Å². The van der Waals surface area contributed by atoms with E-state index in [0.29, 0.717) is 0 Å². The number of nitro groups is 1. The average molecular weight is 289 g/mol. The summed E-state index contributed by atoms with van der Waals surface area (Å²) in [6.45, 7) is 5.04. The molecule has 2 unspecified atom stereocenters. The SMILES string of the molecule is CCCNc1cc(N2CC3CCCC3C2)cc([N+](=O)[O-])c1. The predicted octanol–water partition coefficient (Wildman–Crippen LogP) is 3.65. The van der Waals surface area contributed by atoms with Gasteiger partial charge in [0.05, 0.1) is 4.92 Å². The van der Waals surface area contributed by atoms with Crippen LogP contribution in [0.15, 0.2) is 18.2 Å². The Hall–Kier alpha value is -1.78. The molecular weight excluding hydrogens is 266 g/mol. The van der Waals surface area contributed by atoms with Crippen LogP contribution in [0, 0.1) is 22.0 Å². The Balaban J connectivity index is 1.83. The van der Waals surface area contributed by atoms with Gasteiger partial charge in [-0.2, -0.15) is 0 Å². The first-order valence-corrected chi connectivity index (χ1v) is 7.95. The summed E-state index contributed by atoms with van der Waals surface area (Å²) in [5.41, 5.74) is 2.04. The van der Waals surface area contributed by atoms with E-state index in [0.717, 1.165) is 49.3 Å². The summed E-state index contributed by atoms with van der Waals surface area (Å²) in [7, 11) is 0. The van der Waals surface area contributed by atoms with Crippen LogP contribution in [0.1, 0.15) is 32.6 Å². The fourth-order valence-electron chi connectivity index (χ4n) is 3.70. The van der Waals surface area contributed by atoms with Gasteiger partial charge in [-0.25, -0.2) is 0 Å². The van der Waals surface area contributed by atoms with Crippen molar-refractivity contribution in [3.8, 4) is 0 Å². The Kier molecular flexibility index (Phi) is 3.99. The molecule has 0 amide bonds. The molecule has 0 bridgehead atoms. The van der Waals surface area contributed by atoms with Crippen molar-refractivity contribution in [2.45, 2.75) is 32.6 Å². The standard InChI is InChI=1S/C16H23N3O2/c1-2-6-17-14-7-15(9-16(8-14)19(20)21)18-10-12-4-3-5-13(12)11-18/h7-9,12-13,17H,2-6,10-11H2,1H3. The second-order valence-corrected chi connectivity index (χ2v) is 6.28. The number of non-ortho nitro benzene ring substituents is 1. The molecule has 0 radical (unpaired) electrons. The number of benzene rings is 1. The molecule has 3 rings (SSSR count). The largest absolute Gasteiger partial charge is 0.385 e. The monoisotopic (exact) mass is 289 g/mol. The normalized spacial score (nSPS) is 24.1. The second kappa shape index (κ2) is 5.92. The molecule has 1 aromatic rings. The highest BCUT2D eigenvalue weighted by molar-refractivity contribution is 5.65. The van der Waals surface area contributed by atoms with Gasteiger partial charge in [-0.3, -0.25) is 10.1 Å². The molecule has 1 saturated heterocycles. The third kappa shape index (κ3) is 2.96. The van der Waals surface area contributed by atoms with Crippen LogP contribution in [0.4, 0.5) is 17.1 Å². The zero-order chi connectivity index (χ0) is 14.8. The van der Waals surface area contributed by atoms with E-state index < -0.39 is 0 Å². The van der Waals surface area contributed by atoms with Gasteiger partial charge in [0.25, 0.3) is 5.69 Å². The van der Waals surface area contributed by atoms with Crippen LogP contribution in [0.5, 0.6) is 0 Å². The number of rotatable bonds is 5. The van der Waals surface area contributed by atoms with Gasteiger partial charge >= 0.3 is 0 Å². The number of nitrogens with zero attached hydrogens (tertiary/aromatic N) is 2. The van der Waals surface area contributed by atoms with Crippen LogP contribution in [0.25, 0.3) is 0 Å². The lowest BCUT2D eigenvalue weighted by Crippen LogP contribution is -2.21. The molecule has 21 heavy (non-hydrogen) atoms. The molecule has 114 valence electrons. The van der Waals surface area contributed by atoms with Crippen LogP contribution in [0.3, 0.4) is 0 Å². The van der Waals surface area contributed by atoms with Gasteiger partial charge in [-0.1, -0.05) is 13.3 Å². The summed E-state index contributed by atoms with van der Waals surface area (Å²) >= 11 is 0. The summed E-state index contributed by atoms with van der Waals surface area (Å²) in [6.07, 6.45) is 4.99. The minimum Gasteiger partial charge on any atom is -0.385 e. The highest BCUT2D eigenvalue weighted by Gasteiger charge is 2.36. The molecule has 1 aromatic carbocycles. The number of hydrogen-bond acceptors (Lipinski definition) is 4. The van der Waals surface area contributed by atoms with Crippen LogP contribution in [-0.4, -0.2) is 24.6 Å². The lowest BCUT2D eigenvalue weighted by atomic mass is 10.0. The first-order valence-electron chi connectivity index (χ1n) is 7.95.